The van der Waals surface area contributed by atoms with Crippen LogP contribution in [-0.2, 0) is 6.54 Å². The van der Waals surface area contributed by atoms with Gasteiger partial charge in [0.1, 0.15) is 11.5 Å². The first-order valence-corrected chi connectivity index (χ1v) is 11.4. The molecule has 2 atom stereocenters. The third kappa shape index (κ3) is 4.21. The second kappa shape index (κ2) is 9.28. The molecular weight excluding hydrogens is 404 g/mol. The van der Waals surface area contributed by atoms with Crippen LogP contribution in [0.15, 0.2) is 47.2 Å². The summed E-state index contributed by atoms with van der Waals surface area (Å²) in [5.41, 5.74) is 2.35. The SMILES string of the molecule is COc1ccc(CN2C[C@@H](c3cccnc3)[C@H](c3nc(C4CCCC4)no3)C2)c(OC)c1. The lowest BCUT2D eigenvalue weighted by atomic mass is 9.90. The van der Waals surface area contributed by atoms with E-state index in [1.54, 1.807) is 14.2 Å². The predicted octanol–water partition coefficient (Wildman–Crippen LogP) is 4.52. The molecule has 7 nitrogen and oxygen atoms in total. The van der Waals surface area contributed by atoms with E-state index >= 15 is 0 Å². The minimum atomic E-state index is 0.145. The van der Waals surface area contributed by atoms with Crippen LogP contribution in [0.4, 0.5) is 0 Å². The lowest BCUT2D eigenvalue weighted by Gasteiger charge is -2.18. The zero-order valence-electron chi connectivity index (χ0n) is 18.7. The number of rotatable bonds is 7. The number of hydrogen-bond donors (Lipinski definition) is 0. The first-order valence-electron chi connectivity index (χ1n) is 11.4. The van der Waals surface area contributed by atoms with E-state index in [2.05, 4.69) is 27.2 Å². The van der Waals surface area contributed by atoms with Gasteiger partial charge in [-0.2, -0.15) is 4.98 Å². The second-order valence-electron chi connectivity index (χ2n) is 8.84. The average Bonchev–Trinajstić information content (AvgIpc) is 3.60. The minimum absolute atomic E-state index is 0.145. The van der Waals surface area contributed by atoms with E-state index in [0.717, 1.165) is 48.4 Å². The maximum atomic E-state index is 5.84. The molecule has 3 aromatic rings. The molecule has 32 heavy (non-hydrogen) atoms. The third-order valence-corrected chi connectivity index (χ3v) is 6.89. The van der Waals surface area contributed by atoms with Crippen molar-refractivity contribution in [1.29, 1.82) is 0 Å². The van der Waals surface area contributed by atoms with Gasteiger partial charge in [-0.15, -0.1) is 0 Å². The molecule has 1 aromatic carbocycles. The van der Waals surface area contributed by atoms with Crippen LogP contribution >= 0.6 is 0 Å². The Morgan fingerprint density at radius 2 is 1.91 bits per heavy atom. The number of nitrogens with zero attached hydrogens (tertiary/aromatic N) is 4. The second-order valence-corrected chi connectivity index (χ2v) is 8.84. The molecule has 0 radical (unpaired) electrons. The molecule has 5 rings (SSSR count). The summed E-state index contributed by atoms with van der Waals surface area (Å²) in [5.74, 6) is 4.12. The first-order chi connectivity index (χ1) is 15.7. The van der Waals surface area contributed by atoms with Crippen LogP contribution in [0, 0.1) is 0 Å². The van der Waals surface area contributed by atoms with Crippen molar-refractivity contribution in [2.75, 3.05) is 27.3 Å². The van der Waals surface area contributed by atoms with Gasteiger partial charge in [0, 0.05) is 55.5 Å². The molecule has 1 aliphatic heterocycles. The molecular formula is C25H30N4O3. The van der Waals surface area contributed by atoms with Gasteiger partial charge in [-0.25, -0.2) is 0 Å². The van der Waals surface area contributed by atoms with E-state index in [9.17, 15) is 0 Å². The summed E-state index contributed by atoms with van der Waals surface area (Å²) >= 11 is 0. The van der Waals surface area contributed by atoms with Crippen LogP contribution in [0.2, 0.25) is 0 Å². The van der Waals surface area contributed by atoms with Gasteiger partial charge in [0.2, 0.25) is 5.89 Å². The molecule has 1 saturated carbocycles. The standard InChI is InChI=1S/C25H30N4O3/c1-30-20-10-9-19(23(12-20)31-2)14-29-15-21(18-8-5-11-26-13-18)22(16-29)25-27-24(28-32-25)17-6-3-4-7-17/h5,8-13,17,21-22H,3-4,6-7,14-16H2,1-2H3/t21-,22+/m0/s1. The average molecular weight is 435 g/mol. The molecule has 2 aliphatic rings. The highest BCUT2D eigenvalue weighted by Crippen LogP contribution is 2.41. The van der Waals surface area contributed by atoms with Gasteiger partial charge in [-0.3, -0.25) is 9.88 Å². The summed E-state index contributed by atoms with van der Waals surface area (Å²) in [6.45, 7) is 2.53. The summed E-state index contributed by atoms with van der Waals surface area (Å²) in [6, 6.07) is 10.1. The summed E-state index contributed by atoms with van der Waals surface area (Å²) in [4.78, 5) is 11.7. The van der Waals surface area contributed by atoms with E-state index in [-0.39, 0.29) is 11.8 Å². The molecule has 0 bridgehead atoms. The lowest BCUT2D eigenvalue weighted by Crippen LogP contribution is -2.20. The quantitative estimate of drug-likeness (QED) is 0.541. The van der Waals surface area contributed by atoms with Gasteiger partial charge < -0.3 is 14.0 Å². The Balaban J connectivity index is 1.40. The molecule has 1 aliphatic carbocycles. The maximum absolute atomic E-state index is 5.84. The fraction of sp³-hybridized carbons (Fsp3) is 0.480. The van der Waals surface area contributed by atoms with Crippen molar-refractivity contribution in [1.82, 2.24) is 20.0 Å². The number of pyridine rings is 1. The number of benzene rings is 1. The van der Waals surface area contributed by atoms with E-state index in [4.69, 9.17) is 19.0 Å². The Labute approximate surface area is 188 Å². The molecule has 2 fully saturated rings. The molecule has 1 saturated heterocycles. The number of likely N-dealkylation sites (tertiary alicyclic amines) is 1. The maximum Gasteiger partial charge on any atom is 0.231 e. The van der Waals surface area contributed by atoms with E-state index < -0.39 is 0 Å². The van der Waals surface area contributed by atoms with Gasteiger partial charge in [-0.1, -0.05) is 30.1 Å². The molecule has 0 N–H and O–H groups in total. The third-order valence-electron chi connectivity index (χ3n) is 6.89. The Morgan fingerprint density at radius 1 is 1.06 bits per heavy atom. The van der Waals surface area contributed by atoms with Crippen LogP contribution in [0.5, 0.6) is 11.5 Å². The van der Waals surface area contributed by atoms with Gasteiger partial charge >= 0.3 is 0 Å². The van der Waals surface area contributed by atoms with Crippen molar-refractivity contribution in [2.24, 2.45) is 0 Å². The summed E-state index contributed by atoms with van der Waals surface area (Å²) < 4.78 is 16.8. The molecule has 7 heteroatoms. The van der Waals surface area contributed by atoms with Crippen molar-refractivity contribution >= 4 is 0 Å². The van der Waals surface area contributed by atoms with Crippen LogP contribution in [0.25, 0.3) is 0 Å². The number of aromatic nitrogens is 3. The summed E-state index contributed by atoms with van der Waals surface area (Å²) in [6.07, 6.45) is 8.63. The molecule has 168 valence electrons. The highest BCUT2D eigenvalue weighted by molar-refractivity contribution is 5.41. The number of ether oxygens (including phenoxy) is 2. The zero-order valence-corrected chi connectivity index (χ0v) is 18.7. The summed E-state index contributed by atoms with van der Waals surface area (Å²) in [7, 11) is 3.37. The first kappa shape index (κ1) is 20.9. The van der Waals surface area contributed by atoms with Gasteiger partial charge in [0.05, 0.1) is 20.1 Å². The molecule has 0 spiro atoms. The van der Waals surface area contributed by atoms with Crippen molar-refractivity contribution in [3.8, 4) is 11.5 Å². The van der Waals surface area contributed by atoms with Gasteiger partial charge in [0.15, 0.2) is 5.82 Å². The Hall–Kier alpha value is -2.93. The Kier molecular flexibility index (Phi) is 6.08. The van der Waals surface area contributed by atoms with Crippen molar-refractivity contribution in [3.05, 3.63) is 65.6 Å². The van der Waals surface area contributed by atoms with Crippen LogP contribution in [0.1, 0.15) is 66.3 Å². The Morgan fingerprint density at radius 3 is 2.66 bits per heavy atom. The van der Waals surface area contributed by atoms with Crippen molar-refractivity contribution in [3.63, 3.8) is 0 Å². The van der Waals surface area contributed by atoms with E-state index in [1.165, 1.54) is 31.2 Å². The van der Waals surface area contributed by atoms with Gasteiger partial charge in [0.25, 0.3) is 0 Å². The highest BCUT2D eigenvalue weighted by atomic mass is 16.5. The molecule has 0 unspecified atom stereocenters. The fourth-order valence-electron chi connectivity index (χ4n) is 5.17. The molecule has 3 heterocycles. The highest BCUT2D eigenvalue weighted by Gasteiger charge is 2.39. The lowest BCUT2D eigenvalue weighted by molar-refractivity contribution is 0.301. The van der Waals surface area contributed by atoms with Gasteiger partial charge in [-0.05, 0) is 30.5 Å². The Bertz CT molecular complexity index is 1030. The largest absolute Gasteiger partial charge is 0.497 e. The topological polar surface area (TPSA) is 73.5 Å². The van der Waals surface area contributed by atoms with Crippen molar-refractivity contribution in [2.45, 2.75) is 50.0 Å². The zero-order chi connectivity index (χ0) is 21.9. The number of hydrogen-bond acceptors (Lipinski definition) is 7. The fourth-order valence-corrected chi connectivity index (χ4v) is 5.17. The summed E-state index contributed by atoms with van der Waals surface area (Å²) in [5, 5.41) is 4.37. The monoisotopic (exact) mass is 434 g/mol. The van der Waals surface area contributed by atoms with Crippen LogP contribution < -0.4 is 9.47 Å². The van der Waals surface area contributed by atoms with Crippen molar-refractivity contribution < 1.29 is 14.0 Å². The van der Waals surface area contributed by atoms with Crippen LogP contribution in [0.3, 0.4) is 0 Å². The van der Waals surface area contributed by atoms with E-state index in [1.807, 2.05) is 30.6 Å². The predicted molar refractivity (Wildman–Crippen MR) is 120 cm³/mol. The smallest absolute Gasteiger partial charge is 0.231 e. The minimum Gasteiger partial charge on any atom is -0.497 e. The molecule has 2 aromatic heterocycles. The normalized spacial score (nSPS) is 21.8. The van der Waals surface area contributed by atoms with E-state index in [0.29, 0.717) is 5.92 Å². The molecule has 0 amide bonds. The van der Waals surface area contributed by atoms with Crippen LogP contribution in [-0.4, -0.2) is 47.3 Å². The number of methoxy groups -OCH3 is 2.